The topological polar surface area (TPSA) is 79.6 Å². The van der Waals surface area contributed by atoms with Crippen LogP contribution >= 0.6 is 15.9 Å². The van der Waals surface area contributed by atoms with E-state index in [1.807, 2.05) is 18.2 Å². The molecule has 1 aliphatic heterocycles. The molecule has 0 radical (unpaired) electrons. The Morgan fingerprint density at radius 3 is 2.44 bits per heavy atom. The van der Waals surface area contributed by atoms with Crippen LogP contribution in [0.25, 0.3) is 0 Å². The minimum atomic E-state index is -3.65. The molecule has 8 heteroatoms. The molecule has 0 amide bonds. The summed E-state index contributed by atoms with van der Waals surface area (Å²) in [5.41, 5.74) is 0.164. The fraction of sp³-hybridized carbons (Fsp3) is 0.235. The lowest BCUT2D eigenvalue weighted by Gasteiger charge is -2.26. The van der Waals surface area contributed by atoms with Crippen LogP contribution in [-0.2, 0) is 14.8 Å². The van der Waals surface area contributed by atoms with Crippen LogP contribution < -0.4 is 4.74 Å². The molecule has 1 aliphatic rings. The van der Waals surface area contributed by atoms with Gasteiger partial charge in [0.15, 0.2) is 0 Å². The number of hydrogen-bond donors (Lipinski definition) is 0. The van der Waals surface area contributed by atoms with Crippen LogP contribution in [0.3, 0.4) is 0 Å². The fourth-order valence-electron chi connectivity index (χ4n) is 2.41. The summed E-state index contributed by atoms with van der Waals surface area (Å²) in [6, 6.07) is 13.5. The number of morpholine rings is 1. The molecule has 25 heavy (non-hydrogen) atoms. The van der Waals surface area contributed by atoms with Gasteiger partial charge in [0, 0.05) is 17.6 Å². The highest BCUT2D eigenvalue weighted by Gasteiger charge is 2.27. The first-order chi connectivity index (χ1) is 12.0. The Balaban J connectivity index is 1.89. The average molecular weight is 423 g/mol. The van der Waals surface area contributed by atoms with Gasteiger partial charge in [0.05, 0.1) is 23.7 Å². The van der Waals surface area contributed by atoms with Gasteiger partial charge in [-0.25, -0.2) is 8.42 Å². The molecular formula is C17H15BrN2O4S. The molecule has 1 heterocycles. The average Bonchev–Trinajstić information content (AvgIpc) is 2.64. The molecule has 6 nitrogen and oxygen atoms in total. The Morgan fingerprint density at radius 1 is 1.12 bits per heavy atom. The van der Waals surface area contributed by atoms with E-state index in [9.17, 15) is 13.7 Å². The summed E-state index contributed by atoms with van der Waals surface area (Å²) in [4.78, 5) is 0.0779. The Bertz CT molecular complexity index is 901. The smallest absolute Gasteiger partial charge is 0.243 e. The van der Waals surface area contributed by atoms with Crippen molar-refractivity contribution in [2.24, 2.45) is 0 Å². The zero-order valence-corrected chi connectivity index (χ0v) is 15.6. The first kappa shape index (κ1) is 17.9. The van der Waals surface area contributed by atoms with Crippen LogP contribution in [0.5, 0.6) is 11.5 Å². The van der Waals surface area contributed by atoms with Crippen molar-refractivity contribution in [3.63, 3.8) is 0 Å². The predicted molar refractivity (Wildman–Crippen MR) is 95.0 cm³/mol. The van der Waals surface area contributed by atoms with Crippen molar-refractivity contribution in [2.75, 3.05) is 26.3 Å². The summed E-state index contributed by atoms with van der Waals surface area (Å²) >= 11 is 3.34. The van der Waals surface area contributed by atoms with Gasteiger partial charge in [0.1, 0.15) is 17.6 Å². The molecule has 1 fully saturated rings. The molecule has 2 aromatic rings. The van der Waals surface area contributed by atoms with Gasteiger partial charge in [0.25, 0.3) is 0 Å². The van der Waals surface area contributed by atoms with Crippen LogP contribution in [0.4, 0.5) is 0 Å². The maximum absolute atomic E-state index is 12.7. The van der Waals surface area contributed by atoms with Crippen LogP contribution in [0, 0.1) is 11.3 Å². The highest BCUT2D eigenvalue weighted by Crippen LogP contribution is 2.29. The minimum absolute atomic E-state index is 0.0779. The van der Waals surface area contributed by atoms with E-state index in [-0.39, 0.29) is 10.5 Å². The number of sulfonamides is 1. The maximum atomic E-state index is 12.7. The quantitative estimate of drug-likeness (QED) is 0.755. The van der Waals surface area contributed by atoms with Crippen molar-refractivity contribution in [1.82, 2.24) is 4.31 Å². The third-order valence-electron chi connectivity index (χ3n) is 3.72. The van der Waals surface area contributed by atoms with E-state index in [1.54, 1.807) is 12.1 Å². The standard InChI is InChI=1S/C17H15BrN2O4S/c18-14-1-3-15(4-2-14)24-17-6-5-16(11-13(17)12-19)25(21,22)20-7-9-23-10-8-20/h1-6,11H,7-10H2. The van der Waals surface area contributed by atoms with E-state index in [0.29, 0.717) is 37.8 Å². The first-order valence-corrected chi connectivity index (χ1v) is 9.79. The lowest BCUT2D eigenvalue weighted by Crippen LogP contribution is -2.40. The molecule has 0 unspecified atom stereocenters. The van der Waals surface area contributed by atoms with Crippen molar-refractivity contribution in [2.45, 2.75) is 4.90 Å². The second-order valence-electron chi connectivity index (χ2n) is 5.34. The number of ether oxygens (including phenoxy) is 2. The Labute approximate surface area is 154 Å². The predicted octanol–water partition coefficient (Wildman–Crippen LogP) is 3.13. The van der Waals surface area contributed by atoms with Gasteiger partial charge >= 0.3 is 0 Å². The highest BCUT2D eigenvalue weighted by atomic mass is 79.9. The van der Waals surface area contributed by atoms with Gasteiger partial charge in [0.2, 0.25) is 10.0 Å². The van der Waals surface area contributed by atoms with E-state index in [2.05, 4.69) is 15.9 Å². The van der Waals surface area contributed by atoms with Crippen molar-refractivity contribution >= 4 is 26.0 Å². The summed E-state index contributed by atoms with van der Waals surface area (Å²) in [6.45, 7) is 1.35. The maximum Gasteiger partial charge on any atom is 0.243 e. The first-order valence-electron chi connectivity index (χ1n) is 7.56. The lowest BCUT2D eigenvalue weighted by molar-refractivity contribution is 0.0730. The molecule has 130 valence electrons. The minimum Gasteiger partial charge on any atom is -0.456 e. The summed E-state index contributed by atoms with van der Waals surface area (Å²) < 4.78 is 38.5. The SMILES string of the molecule is N#Cc1cc(S(=O)(=O)N2CCOCC2)ccc1Oc1ccc(Br)cc1. The Morgan fingerprint density at radius 2 is 1.80 bits per heavy atom. The molecule has 2 aromatic carbocycles. The Hall–Kier alpha value is -1.92. The second kappa shape index (κ2) is 7.54. The summed E-state index contributed by atoms with van der Waals surface area (Å²) in [5, 5.41) is 9.38. The van der Waals surface area contributed by atoms with Crippen LogP contribution in [0.1, 0.15) is 5.56 Å². The van der Waals surface area contributed by atoms with Crippen molar-refractivity contribution < 1.29 is 17.9 Å². The number of benzene rings is 2. The Kier molecular flexibility index (Phi) is 5.39. The molecular weight excluding hydrogens is 408 g/mol. The van der Waals surface area contributed by atoms with Crippen LogP contribution in [0.2, 0.25) is 0 Å². The zero-order valence-electron chi connectivity index (χ0n) is 13.2. The zero-order chi connectivity index (χ0) is 17.9. The van der Waals surface area contributed by atoms with Crippen LogP contribution in [0.15, 0.2) is 51.8 Å². The monoisotopic (exact) mass is 422 g/mol. The van der Waals surface area contributed by atoms with Gasteiger partial charge in [-0.05, 0) is 42.5 Å². The van der Waals surface area contributed by atoms with Gasteiger partial charge in [-0.1, -0.05) is 15.9 Å². The highest BCUT2D eigenvalue weighted by molar-refractivity contribution is 9.10. The van der Waals surface area contributed by atoms with E-state index >= 15 is 0 Å². The molecule has 0 atom stereocenters. The second-order valence-corrected chi connectivity index (χ2v) is 8.20. The summed E-state index contributed by atoms with van der Waals surface area (Å²) in [7, 11) is -3.65. The third-order valence-corrected chi connectivity index (χ3v) is 6.14. The number of nitriles is 1. The number of hydrogen-bond acceptors (Lipinski definition) is 5. The molecule has 0 saturated carbocycles. The van der Waals surface area contributed by atoms with E-state index < -0.39 is 10.0 Å². The largest absolute Gasteiger partial charge is 0.456 e. The van der Waals surface area contributed by atoms with Crippen molar-refractivity contribution in [3.05, 3.63) is 52.5 Å². The van der Waals surface area contributed by atoms with Gasteiger partial charge in [-0.2, -0.15) is 9.57 Å². The van der Waals surface area contributed by atoms with Gasteiger partial charge in [-0.3, -0.25) is 0 Å². The molecule has 0 N–H and O–H groups in total. The fourth-order valence-corrected chi connectivity index (χ4v) is 4.11. The third kappa shape index (κ3) is 4.02. The number of rotatable bonds is 4. The molecule has 0 bridgehead atoms. The molecule has 0 aromatic heterocycles. The molecule has 0 spiro atoms. The molecule has 0 aliphatic carbocycles. The molecule has 1 saturated heterocycles. The normalized spacial score (nSPS) is 15.5. The number of halogens is 1. The summed E-state index contributed by atoms with van der Waals surface area (Å²) in [5.74, 6) is 0.870. The number of nitrogens with zero attached hydrogens (tertiary/aromatic N) is 2. The van der Waals surface area contributed by atoms with Crippen molar-refractivity contribution in [1.29, 1.82) is 5.26 Å². The van der Waals surface area contributed by atoms with Gasteiger partial charge in [-0.15, -0.1) is 0 Å². The summed E-state index contributed by atoms with van der Waals surface area (Å²) in [6.07, 6.45) is 0. The van der Waals surface area contributed by atoms with E-state index in [0.717, 1.165) is 4.47 Å². The van der Waals surface area contributed by atoms with Gasteiger partial charge < -0.3 is 9.47 Å². The van der Waals surface area contributed by atoms with E-state index in [1.165, 1.54) is 22.5 Å². The lowest BCUT2D eigenvalue weighted by atomic mass is 10.2. The van der Waals surface area contributed by atoms with Crippen molar-refractivity contribution in [3.8, 4) is 17.6 Å². The van der Waals surface area contributed by atoms with E-state index in [4.69, 9.17) is 9.47 Å². The van der Waals surface area contributed by atoms with Crippen LogP contribution in [-0.4, -0.2) is 39.0 Å². The molecule has 3 rings (SSSR count).